The van der Waals surface area contributed by atoms with Crippen molar-refractivity contribution in [3.63, 3.8) is 0 Å². The van der Waals surface area contributed by atoms with E-state index in [9.17, 15) is 17.2 Å². The molecule has 1 unspecified atom stereocenters. The summed E-state index contributed by atoms with van der Waals surface area (Å²) in [7, 11) is -4.16. The van der Waals surface area contributed by atoms with Gasteiger partial charge >= 0.3 is 0 Å². The molecule has 1 aliphatic rings. The van der Waals surface area contributed by atoms with E-state index in [2.05, 4.69) is 4.72 Å². The molecule has 0 aromatic heterocycles. The van der Waals surface area contributed by atoms with Gasteiger partial charge in [-0.3, -0.25) is 0 Å². The van der Waals surface area contributed by atoms with Crippen molar-refractivity contribution in [3.05, 3.63) is 59.2 Å². The summed E-state index contributed by atoms with van der Waals surface area (Å²) < 4.78 is 54.4. The SMILES string of the molecule is Nc1ccc2c(c1)CCCC2NS(=O)(=O)c1cccc(F)c1F. The highest BCUT2D eigenvalue weighted by Crippen LogP contribution is 2.32. The van der Waals surface area contributed by atoms with Crippen LogP contribution in [0.15, 0.2) is 41.3 Å². The van der Waals surface area contributed by atoms with Crippen LogP contribution in [0.25, 0.3) is 0 Å². The maximum absolute atomic E-state index is 13.8. The Labute approximate surface area is 133 Å². The van der Waals surface area contributed by atoms with Crippen LogP contribution in [0.4, 0.5) is 14.5 Å². The molecule has 4 nitrogen and oxygen atoms in total. The highest BCUT2D eigenvalue weighted by atomic mass is 32.2. The smallest absolute Gasteiger partial charge is 0.244 e. The van der Waals surface area contributed by atoms with Crippen LogP contribution in [0.2, 0.25) is 0 Å². The monoisotopic (exact) mass is 338 g/mol. The maximum atomic E-state index is 13.8. The molecule has 3 rings (SSSR count). The number of hydrogen-bond acceptors (Lipinski definition) is 3. The summed E-state index contributed by atoms with van der Waals surface area (Å²) in [5, 5.41) is 0. The maximum Gasteiger partial charge on any atom is 0.244 e. The van der Waals surface area contributed by atoms with Gasteiger partial charge in [0.05, 0.1) is 0 Å². The summed E-state index contributed by atoms with van der Waals surface area (Å²) in [6, 6.07) is 7.92. The standard InChI is InChI=1S/C16H16F2N2O2S/c17-13-4-2-6-15(16(13)18)23(21,22)20-14-5-1-3-10-9-11(19)7-8-12(10)14/h2,4,6-9,14,20H,1,3,5,19H2. The van der Waals surface area contributed by atoms with Crippen molar-refractivity contribution in [2.45, 2.75) is 30.2 Å². The van der Waals surface area contributed by atoms with E-state index in [1.807, 2.05) is 6.07 Å². The van der Waals surface area contributed by atoms with Crippen molar-refractivity contribution in [2.24, 2.45) is 0 Å². The van der Waals surface area contributed by atoms with Gasteiger partial charge in [-0.05, 0) is 54.7 Å². The quantitative estimate of drug-likeness (QED) is 0.845. The molecule has 2 aromatic carbocycles. The fourth-order valence-electron chi connectivity index (χ4n) is 2.90. The fourth-order valence-corrected chi connectivity index (χ4v) is 4.24. The molecular weight excluding hydrogens is 322 g/mol. The average Bonchev–Trinajstić information content (AvgIpc) is 2.49. The second kappa shape index (κ2) is 5.90. The minimum absolute atomic E-state index is 0.480. The number of nitrogen functional groups attached to an aromatic ring is 1. The molecule has 0 saturated heterocycles. The van der Waals surface area contributed by atoms with Crippen LogP contribution in [0.1, 0.15) is 30.0 Å². The molecule has 0 bridgehead atoms. The lowest BCUT2D eigenvalue weighted by Crippen LogP contribution is -2.31. The highest BCUT2D eigenvalue weighted by Gasteiger charge is 2.28. The number of aryl methyl sites for hydroxylation is 1. The normalized spacial score (nSPS) is 17.7. The van der Waals surface area contributed by atoms with Crippen LogP contribution in [0, 0.1) is 11.6 Å². The summed E-state index contributed by atoms with van der Waals surface area (Å²) in [5.74, 6) is -2.56. The van der Waals surface area contributed by atoms with Crippen molar-refractivity contribution < 1.29 is 17.2 Å². The number of fused-ring (bicyclic) bond motifs is 1. The lowest BCUT2D eigenvalue weighted by Gasteiger charge is -2.26. The molecule has 0 spiro atoms. The summed E-state index contributed by atoms with van der Waals surface area (Å²) >= 11 is 0. The summed E-state index contributed by atoms with van der Waals surface area (Å²) in [4.78, 5) is -0.680. The van der Waals surface area contributed by atoms with Crippen molar-refractivity contribution in [3.8, 4) is 0 Å². The number of sulfonamides is 1. The van der Waals surface area contributed by atoms with E-state index in [1.54, 1.807) is 12.1 Å². The predicted octanol–water partition coefficient (Wildman–Crippen LogP) is 2.90. The molecule has 23 heavy (non-hydrogen) atoms. The van der Waals surface area contributed by atoms with Gasteiger partial charge in [0.25, 0.3) is 0 Å². The van der Waals surface area contributed by atoms with Crippen LogP contribution in [0.3, 0.4) is 0 Å². The number of benzene rings is 2. The third kappa shape index (κ3) is 3.07. The molecule has 0 heterocycles. The van der Waals surface area contributed by atoms with Crippen molar-refractivity contribution in [1.29, 1.82) is 0 Å². The molecular formula is C16H16F2N2O2S. The van der Waals surface area contributed by atoms with Gasteiger partial charge in [0.2, 0.25) is 10.0 Å². The Bertz CT molecular complexity index is 853. The molecule has 7 heteroatoms. The lowest BCUT2D eigenvalue weighted by molar-refractivity contribution is 0.475. The zero-order chi connectivity index (χ0) is 16.6. The number of nitrogens with one attached hydrogen (secondary N) is 1. The number of rotatable bonds is 3. The van der Waals surface area contributed by atoms with Crippen molar-refractivity contribution in [1.82, 2.24) is 4.72 Å². The van der Waals surface area contributed by atoms with E-state index in [0.717, 1.165) is 36.1 Å². The van der Waals surface area contributed by atoms with Crippen LogP contribution >= 0.6 is 0 Å². The van der Waals surface area contributed by atoms with E-state index in [4.69, 9.17) is 5.73 Å². The minimum Gasteiger partial charge on any atom is -0.399 e. The van der Waals surface area contributed by atoms with E-state index < -0.39 is 32.6 Å². The molecule has 1 atom stereocenters. The number of halogens is 2. The Morgan fingerprint density at radius 1 is 1.17 bits per heavy atom. The summed E-state index contributed by atoms with van der Waals surface area (Å²) in [5.41, 5.74) is 8.17. The lowest BCUT2D eigenvalue weighted by atomic mass is 9.88. The first-order valence-corrected chi connectivity index (χ1v) is 8.71. The molecule has 3 N–H and O–H groups in total. The van der Waals surface area contributed by atoms with Gasteiger partial charge in [-0.2, -0.15) is 0 Å². The van der Waals surface area contributed by atoms with Crippen LogP contribution in [-0.2, 0) is 16.4 Å². The number of nitrogens with two attached hydrogens (primary N) is 1. The first-order chi connectivity index (χ1) is 10.9. The third-order valence-corrected chi connectivity index (χ3v) is 5.47. The molecule has 0 aliphatic heterocycles. The topological polar surface area (TPSA) is 72.2 Å². The zero-order valence-electron chi connectivity index (χ0n) is 12.2. The van der Waals surface area contributed by atoms with Crippen LogP contribution in [-0.4, -0.2) is 8.42 Å². The molecule has 0 radical (unpaired) electrons. The van der Waals surface area contributed by atoms with Crippen LogP contribution < -0.4 is 10.5 Å². The first kappa shape index (κ1) is 15.9. The van der Waals surface area contributed by atoms with Crippen molar-refractivity contribution >= 4 is 15.7 Å². The van der Waals surface area contributed by atoms with Crippen molar-refractivity contribution in [2.75, 3.05) is 5.73 Å². The average molecular weight is 338 g/mol. The first-order valence-electron chi connectivity index (χ1n) is 7.23. The largest absolute Gasteiger partial charge is 0.399 e. The fraction of sp³-hybridized carbons (Fsp3) is 0.250. The Kier molecular flexibility index (Phi) is 4.08. The molecule has 0 fully saturated rings. The van der Waals surface area contributed by atoms with Gasteiger partial charge in [-0.25, -0.2) is 21.9 Å². The molecule has 1 aliphatic carbocycles. The Hall–Kier alpha value is -1.99. The van der Waals surface area contributed by atoms with Gasteiger partial charge < -0.3 is 5.73 Å². The number of anilines is 1. The Morgan fingerprint density at radius 2 is 1.96 bits per heavy atom. The summed E-state index contributed by atoms with van der Waals surface area (Å²) in [6.45, 7) is 0. The molecule has 122 valence electrons. The van der Waals surface area contributed by atoms with E-state index in [-0.39, 0.29) is 0 Å². The van der Waals surface area contributed by atoms with Gasteiger partial charge in [0.15, 0.2) is 11.6 Å². The Morgan fingerprint density at radius 3 is 2.74 bits per heavy atom. The van der Waals surface area contributed by atoms with Gasteiger partial charge in [-0.15, -0.1) is 0 Å². The second-order valence-corrected chi connectivity index (χ2v) is 7.26. The highest BCUT2D eigenvalue weighted by molar-refractivity contribution is 7.89. The van der Waals surface area contributed by atoms with E-state index in [0.29, 0.717) is 12.1 Å². The van der Waals surface area contributed by atoms with E-state index >= 15 is 0 Å². The second-order valence-electron chi connectivity index (χ2n) is 5.58. The molecule has 2 aromatic rings. The molecule has 0 saturated carbocycles. The third-order valence-electron chi connectivity index (χ3n) is 3.98. The van der Waals surface area contributed by atoms with Gasteiger partial charge in [0.1, 0.15) is 4.90 Å². The summed E-state index contributed by atoms with van der Waals surface area (Å²) in [6.07, 6.45) is 2.19. The van der Waals surface area contributed by atoms with E-state index in [1.165, 1.54) is 6.07 Å². The molecule has 0 amide bonds. The Balaban J connectivity index is 1.95. The van der Waals surface area contributed by atoms with Crippen LogP contribution in [0.5, 0.6) is 0 Å². The minimum atomic E-state index is -4.16. The van der Waals surface area contributed by atoms with Gasteiger partial charge in [0, 0.05) is 11.7 Å². The zero-order valence-corrected chi connectivity index (χ0v) is 13.0. The number of hydrogen-bond donors (Lipinski definition) is 2. The van der Waals surface area contributed by atoms with Gasteiger partial charge in [-0.1, -0.05) is 12.1 Å². The predicted molar refractivity (Wildman–Crippen MR) is 83.2 cm³/mol.